The molecule has 0 aromatic heterocycles. The molecule has 0 nitrogen and oxygen atoms in total. The summed E-state index contributed by atoms with van der Waals surface area (Å²) in [5.41, 5.74) is 3.68. The molecule has 2 aliphatic rings. The Morgan fingerprint density at radius 1 is 1.25 bits per heavy atom. The first kappa shape index (κ1) is 10.1. The van der Waals surface area contributed by atoms with Crippen LogP contribution in [-0.2, 0) is 0 Å². The zero-order valence-corrected chi connectivity index (χ0v) is 10.1. The molecule has 84 valence electrons. The summed E-state index contributed by atoms with van der Waals surface area (Å²) in [6.45, 7) is 2.30. The third-order valence-electron chi connectivity index (χ3n) is 4.35. The summed E-state index contributed by atoms with van der Waals surface area (Å²) in [5.74, 6) is 0.981. The third-order valence-corrected chi connectivity index (χ3v) is 4.35. The van der Waals surface area contributed by atoms with E-state index in [9.17, 15) is 0 Å². The maximum absolute atomic E-state index is 2.60. The number of unbranched alkanes of at least 4 members (excludes halogenated alkanes) is 1. The third kappa shape index (κ3) is 1.61. The fourth-order valence-electron chi connectivity index (χ4n) is 3.26. The maximum Gasteiger partial charge on any atom is -0.00774 e. The Morgan fingerprint density at radius 2 is 2.06 bits per heavy atom. The van der Waals surface area contributed by atoms with E-state index in [0.29, 0.717) is 5.41 Å². The van der Waals surface area contributed by atoms with Crippen molar-refractivity contribution >= 4 is 5.57 Å². The highest BCUT2D eigenvalue weighted by Gasteiger charge is 2.55. The van der Waals surface area contributed by atoms with Crippen molar-refractivity contribution in [2.24, 2.45) is 11.3 Å². The van der Waals surface area contributed by atoms with Gasteiger partial charge in [0, 0.05) is 0 Å². The molecular weight excluding hydrogens is 192 g/mol. The van der Waals surface area contributed by atoms with Crippen molar-refractivity contribution in [2.45, 2.75) is 39.0 Å². The van der Waals surface area contributed by atoms with E-state index in [-0.39, 0.29) is 0 Å². The lowest BCUT2D eigenvalue weighted by molar-refractivity contribution is 0.514. The Balaban J connectivity index is 1.78. The Bertz CT molecular complexity index is 401. The van der Waals surface area contributed by atoms with E-state index in [4.69, 9.17) is 0 Å². The first-order valence-electron chi connectivity index (χ1n) is 6.61. The van der Waals surface area contributed by atoms with Gasteiger partial charge >= 0.3 is 0 Å². The summed E-state index contributed by atoms with van der Waals surface area (Å²) in [5, 5.41) is 0. The molecule has 0 heteroatoms. The maximum atomic E-state index is 2.60. The molecule has 3 rings (SSSR count). The highest BCUT2D eigenvalue weighted by molar-refractivity contribution is 5.70. The summed E-state index contributed by atoms with van der Waals surface area (Å²) in [7, 11) is 0. The Labute approximate surface area is 98.4 Å². The molecule has 0 radical (unpaired) electrons. The van der Waals surface area contributed by atoms with Gasteiger partial charge in [-0.3, -0.25) is 0 Å². The molecule has 0 spiro atoms. The summed E-state index contributed by atoms with van der Waals surface area (Å²) in [6.07, 6.45) is 9.54. The van der Waals surface area contributed by atoms with Gasteiger partial charge in [-0.1, -0.05) is 56.2 Å². The fraction of sp³-hybridized carbons (Fsp3) is 0.500. The van der Waals surface area contributed by atoms with Crippen LogP contribution < -0.4 is 0 Å². The summed E-state index contributed by atoms with van der Waals surface area (Å²) >= 11 is 0. The van der Waals surface area contributed by atoms with Gasteiger partial charge in [0.15, 0.2) is 0 Å². The second-order valence-corrected chi connectivity index (χ2v) is 5.48. The predicted octanol–water partition coefficient (Wildman–Crippen LogP) is 4.67. The van der Waals surface area contributed by atoms with E-state index in [1.165, 1.54) is 37.7 Å². The number of rotatable bonds is 4. The van der Waals surface area contributed by atoms with Crippen LogP contribution in [0.2, 0.25) is 0 Å². The van der Waals surface area contributed by atoms with Crippen molar-refractivity contribution in [1.82, 2.24) is 0 Å². The molecule has 1 aromatic rings. The number of hydrogen-bond donors (Lipinski definition) is 0. The lowest BCUT2D eigenvalue weighted by Crippen LogP contribution is -1.95. The summed E-state index contributed by atoms with van der Waals surface area (Å²) in [4.78, 5) is 0. The van der Waals surface area contributed by atoms with Gasteiger partial charge in [0.2, 0.25) is 0 Å². The molecule has 0 N–H and O–H groups in total. The molecule has 0 heterocycles. The minimum atomic E-state index is 0.626. The normalized spacial score (nSPS) is 31.1. The van der Waals surface area contributed by atoms with Crippen LogP contribution in [0.25, 0.3) is 5.57 Å². The zero-order chi connectivity index (χ0) is 11.0. The van der Waals surface area contributed by atoms with Gasteiger partial charge < -0.3 is 0 Å². The number of fused-ring (bicyclic) bond motifs is 1. The Hall–Kier alpha value is -1.04. The van der Waals surface area contributed by atoms with E-state index in [2.05, 4.69) is 43.3 Å². The lowest BCUT2D eigenvalue weighted by atomic mass is 9.97. The quantitative estimate of drug-likeness (QED) is 0.680. The van der Waals surface area contributed by atoms with E-state index in [1.54, 1.807) is 5.57 Å². The molecule has 0 aliphatic heterocycles. The highest BCUT2D eigenvalue weighted by atomic mass is 14.6. The summed E-state index contributed by atoms with van der Waals surface area (Å²) in [6, 6.07) is 10.9. The number of allylic oxidation sites excluding steroid dienone is 2. The van der Waals surface area contributed by atoms with Crippen molar-refractivity contribution in [3.8, 4) is 0 Å². The van der Waals surface area contributed by atoms with Crippen LogP contribution in [0.5, 0.6) is 0 Å². The average Bonchev–Trinajstić information content (AvgIpc) is 2.90. The Morgan fingerprint density at radius 3 is 2.81 bits per heavy atom. The van der Waals surface area contributed by atoms with E-state index in [0.717, 1.165) is 5.92 Å². The van der Waals surface area contributed by atoms with E-state index >= 15 is 0 Å². The molecule has 16 heavy (non-hydrogen) atoms. The predicted molar refractivity (Wildman–Crippen MR) is 69.1 cm³/mol. The van der Waals surface area contributed by atoms with Crippen LogP contribution >= 0.6 is 0 Å². The standard InChI is InChI=1S/C16H20/c1-2-3-9-16-11-14(10-15(16)12-16)13-7-5-4-6-8-13/h4-8,11,15H,2-3,9-10,12H2,1H3/t15-,16+/m1/s1. The average molecular weight is 212 g/mol. The first-order chi connectivity index (χ1) is 7.84. The molecule has 0 saturated heterocycles. The molecule has 1 saturated carbocycles. The van der Waals surface area contributed by atoms with Crippen LogP contribution in [-0.4, -0.2) is 0 Å². The van der Waals surface area contributed by atoms with Gasteiger partial charge in [-0.25, -0.2) is 0 Å². The minimum Gasteiger partial charge on any atom is -0.0742 e. The number of hydrogen-bond acceptors (Lipinski definition) is 0. The van der Waals surface area contributed by atoms with Crippen LogP contribution in [0.4, 0.5) is 0 Å². The van der Waals surface area contributed by atoms with Crippen LogP contribution in [0.3, 0.4) is 0 Å². The van der Waals surface area contributed by atoms with Gasteiger partial charge in [-0.2, -0.15) is 0 Å². The molecule has 0 amide bonds. The van der Waals surface area contributed by atoms with Crippen LogP contribution in [0, 0.1) is 11.3 Å². The second kappa shape index (κ2) is 3.76. The molecule has 2 atom stereocenters. The van der Waals surface area contributed by atoms with E-state index in [1.807, 2.05) is 0 Å². The molecular formula is C16H20. The fourth-order valence-corrected chi connectivity index (χ4v) is 3.26. The van der Waals surface area contributed by atoms with Crippen molar-refractivity contribution < 1.29 is 0 Å². The van der Waals surface area contributed by atoms with Crippen LogP contribution in [0.1, 0.15) is 44.6 Å². The smallest absolute Gasteiger partial charge is 0.00774 e. The second-order valence-electron chi connectivity index (χ2n) is 5.48. The minimum absolute atomic E-state index is 0.626. The zero-order valence-electron chi connectivity index (χ0n) is 10.1. The van der Waals surface area contributed by atoms with Crippen molar-refractivity contribution in [2.75, 3.05) is 0 Å². The lowest BCUT2D eigenvalue weighted by Gasteiger charge is -2.07. The summed E-state index contributed by atoms with van der Waals surface area (Å²) < 4.78 is 0. The molecule has 2 aliphatic carbocycles. The molecule has 0 unspecified atom stereocenters. The van der Waals surface area contributed by atoms with Crippen molar-refractivity contribution in [3.05, 3.63) is 42.0 Å². The van der Waals surface area contributed by atoms with Gasteiger partial charge in [-0.15, -0.1) is 0 Å². The monoisotopic (exact) mass is 212 g/mol. The van der Waals surface area contributed by atoms with E-state index < -0.39 is 0 Å². The van der Waals surface area contributed by atoms with Gasteiger partial charge in [0.05, 0.1) is 0 Å². The van der Waals surface area contributed by atoms with Gasteiger partial charge in [0.25, 0.3) is 0 Å². The SMILES string of the molecule is CCCC[C@@]12C=C(c3ccccc3)C[C@@H]1C2. The molecule has 1 fully saturated rings. The van der Waals surface area contributed by atoms with Crippen molar-refractivity contribution in [1.29, 1.82) is 0 Å². The van der Waals surface area contributed by atoms with Crippen molar-refractivity contribution in [3.63, 3.8) is 0 Å². The van der Waals surface area contributed by atoms with Crippen LogP contribution in [0.15, 0.2) is 36.4 Å². The van der Waals surface area contributed by atoms with Gasteiger partial charge in [0.1, 0.15) is 0 Å². The first-order valence-corrected chi connectivity index (χ1v) is 6.61. The number of benzene rings is 1. The topological polar surface area (TPSA) is 0 Å². The largest absolute Gasteiger partial charge is 0.0742 e. The van der Waals surface area contributed by atoms with Gasteiger partial charge in [-0.05, 0) is 41.7 Å². The Kier molecular flexibility index (Phi) is 2.38. The highest BCUT2D eigenvalue weighted by Crippen LogP contribution is 2.65. The molecule has 0 bridgehead atoms. The molecule has 1 aromatic carbocycles.